The molecule has 0 spiro atoms. The Kier molecular flexibility index (Phi) is 3.79. The molecule has 2 N–H and O–H groups in total. The maximum atomic E-state index is 5.68. The van der Waals surface area contributed by atoms with Gasteiger partial charge in [-0.2, -0.15) is 5.10 Å². The van der Waals surface area contributed by atoms with Gasteiger partial charge >= 0.3 is 0 Å². The quantitative estimate of drug-likeness (QED) is 0.782. The Morgan fingerprint density at radius 1 is 1.62 bits per heavy atom. The third-order valence-corrected chi connectivity index (χ3v) is 3.13. The van der Waals surface area contributed by atoms with Gasteiger partial charge in [-0.05, 0) is 18.9 Å². The summed E-state index contributed by atoms with van der Waals surface area (Å²) in [5, 5.41) is 4.31. The van der Waals surface area contributed by atoms with Gasteiger partial charge in [0.2, 0.25) is 0 Å². The zero-order chi connectivity index (χ0) is 11.4. The first-order valence-electron chi connectivity index (χ1n) is 5.80. The fourth-order valence-electron chi connectivity index (χ4n) is 2.08. The van der Waals surface area contributed by atoms with Crippen molar-refractivity contribution >= 4 is 5.69 Å². The number of nitrogens with two attached hydrogens (primary N) is 1. The first-order chi connectivity index (χ1) is 7.83. The Balaban J connectivity index is 1.92. The molecular weight excluding hydrogens is 204 g/mol. The van der Waals surface area contributed by atoms with Gasteiger partial charge in [0.1, 0.15) is 0 Å². The minimum Gasteiger partial charge on any atom is -0.383 e. The largest absolute Gasteiger partial charge is 0.383 e. The summed E-state index contributed by atoms with van der Waals surface area (Å²) in [4.78, 5) is 2.35. The molecule has 5 nitrogen and oxygen atoms in total. The highest BCUT2D eigenvalue weighted by atomic mass is 16.5. The van der Waals surface area contributed by atoms with Crippen LogP contribution in [0.15, 0.2) is 12.4 Å². The lowest BCUT2D eigenvalue weighted by atomic mass is 10.1. The van der Waals surface area contributed by atoms with Crippen LogP contribution in [0.2, 0.25) is 0 Å². The predicted octanol–water partition coefficient (Wildman–Crippen LogP) is 0.315. The Morgan fingerprint density at radius 3 is 3.19 bits per heavy atom. The Labute approximate surface area is 96.2 Å². The zero-order valence-electron chi connectivity index (χ0n) is 9.80. The van der Waals surface area contributed by atoms with E-state index in [2.05, 4.69) is 16.2 Å². The van der Waals surface area contributed by atoms with E-state index in [0.29, 0.717) is 12.5 Å². The predicted molar refractivity (Wildman–Crippen MR) is 63.5 cm³/mol. The maximum Gasteiger partial charge on any atom is 0.0752 e. The number of nitrogens with zero attached hydrogens (tertiary/aromatic N) is 3. The lowest BCUT2D eigenvalue weighted by molar-refractivity contribution is 0.183. The second-order valence-corrected chi connectivity index (χ2v) is 4.29. The maximum absolute atomic E-state index is 5.68. The van der Waals surface area contributed by atoms with Crippen LogP contribution in [0.4, 0.5) is 5.69 Å². The van der Waals surface area contributed by atoms with Gasteiger partial charge < -0.3 is 15.4 Å². The van der Waals surface area contributed by atoms with Crippen LogP contribution in [0, 0.1) is 5.92 Å². The summed E-state index contributed by atoms with van der Waals surface area (Å²) in [6.45, 7) is 4.45. The van der Waals surface area contributed by atoms with Crippen molar-refractivity contribution in [2.24, 2.45) is 11.7 Å². The van der Waals surface area contributed by atoms with E-state index in [1.54, 1.807) is 7.11 Å². The molecule has 1 aliphatic rings. The molecule has 1 atom stereocenters. The Hall–Kier alpha value is -1.07. The van der Waals surface area contributed by atoms with Crippen molar-refractivity contribution in [2.75, 3.05) is 38.3 Å². The van der Waals surface area contributed by atoms with Crippen LogP contribution in [0.1, 0.15) is 6.42 Å². The molecule has 1 aromatic rings. The molecule has 1 aromatic heterocycles. The zero-order valence-corrected chi connectivity index (χ0v) is 9.80. The van der Waals surface area contributed by atoms with E-state index < -0.39 is 0 Å². The van der Waals surface area contributed by atoms with Crippen molar-refractivity contribution in [3.05, 3.63) is 12.4 Å². The Morgan fingerprint density at radius 2 is 2.50 bits per heavy atom. The van der Waals surface area contributed by atoms with Crippen LogP contribution in [0.3, 0.4) is 0 Å². The summed E-state index contributed by atoms with van der Waals surface area (Å²) in [5.74, 6) is 0.641. The highest BCUT2D eigenvalue weighted by molar-refractivity contribution is 5.43. The van der Waals surface area contributed by atoms with Gasteiger partial charge in [0.15, 0.2) is 0 Å². The second-order valence-electron chi connectivity index (χ2n) is 4.29. The molecule has 2 rings (SSSR count). The number of methoxy groups -OCH3 is 1. The molecular formula is C11H20N4O. The number of hydrogen-bond donors (Lipinski definition) is 1. The SMILES string of the molecule is COCCn1cc(N2CCC(CN)C2)cn1. The van der Waals surface area contributed by atoms with Crippen molar-refractivity contribution in [1.29, 1.82) is 0 Å². The molecule has 1 unspecified atom stereocenters. The van der Waals surface area contributed by atoms with Gasteiger partial charge in [-0.25, -0.2) is 0 Å². The van der Waals surface area contributed by atoms with Gasteiger partial charge in [-0.1, -0.05) is 0 Å². The average molecular weight is 224 g/mol. The smallest absolute Gasteiger partial charge is 0.0752 e. The van der Waals surface area contributed by atoms with Crippen molar-refractivity contribution in [3.8, 4) is 0 Å². The van der Waals surface area contributed by atoms with Gasteiger partial charge in [-0.3, -0.25) is 4.68 Å². The molecule has 0 radical (unpaired) electrons. The number of ether oxygens (including phenoxy) is 1. The van der Waals surface area contributed by atoms with Crippen molar-refractivity contribution in [1.82, 2.24) is 9.78 Å². The molecule has 1 fully saturated rings. The molecule has 0 aromatic carbocycles. The molecule has 0 saturated carbocycles. The molecule has 16 heavy (non-hydrogen) atoms. The van der Waals surface area contributed by atoms with E-state index in [9.17, 15) is 0 Å². The van der Waals surface area contributed by atoms with E-state index in [4.69, 9.17) is 10.5 Å². The first kappa shape index (κ1) is 11.4. The molecule has 1 saturated heterocycles. The van der Waals surface area contributed by atoms with Crippen LogP contribution < -0.4 is 10.6 Å². The number of aromatic nitrogens is 2. The van der Waals surface area contributed by atoms with E-state index >= 15 is 0 Å². The third kappa shape index (κ3) is 2.54. The number of rotatable bonds is 5. The second kappa shape index (κ2) is 5.32. The summed E-state index contributed by atoms with van der Waals surface area (Å²) >= 11 is 0. The van der Waals surface area contributed by atoms with Crippen LogP contribution in [-0.2, 0) is 11.3 Å². The third-order valence-electron chi connectivity index (χ3n) is 3.13. The highest BCUT2D eigenvalue weighted by Crippen LogP contribution is 2.22. The van der Waals surface area contributed by atoms with Crippen molar-refractivity contribution in [3.63, 3.8) is 0 Å². The molecule has 1 aliphatic heterocycles. The fraction of sp³-hybridized carbons (Fsp3) is 0.727. The minimum absolute atomic E-state index is 0.641. The highest BCUT2D eigenvalue weighted by Gasteiger charge is 2.22. The lowest BCUT2D eigenvalue weighted by Crippen LogP contribution is -2.22. The normalized spacial score (nSPS) is 20.6. The molecule has 90 valence electrons. The average Bonchev–Trinajstić information content (AvgIpc) is 2.94. The van der Waals surface area contributed by atoms with Crippen LogP contribution in [0.5, 0.6) is 0 Å². The van der Waals surface area contributed by atoms with Gasteiger partial charge in [-0.15, -0.1) is 0 Å². The molecule has 5 heteroatoms. The van der Waals surface area contributed by atoms with Crippen LogP contribution in [-0.4, -0.2) is 43.1 Å². The van der Waals surface area contributed by atoms with E-state index in [-0.39, 0.29) is 0 Å². The van der Waals surface area contributed by atoms with Crippen molar-refractivity contribution in [2.45, 2.75) is 13.0 Å². The number of anilines is 1. The lowest BCUT2D eigenvalue weighted by Gasteiger charge is -2.15. The summed E-state index contributed by atoms with van der Waals surface area (Å²) in [7, 11) is 1.71. The summed E-state index contributed by atoms with van der Waals surface area (Å²) in [6.07, 6.45) is 5.20. The van der Waals surface area contributed by atoms with Crippen molar-refractivity contribution < 1.29 is 4.74 Å². The minimum atomic E-state index is 0.641. The van der Waals surface area contributed by atoms with Crippen LogP contribution in [0.25, 0.3) is 0 Å². The van der Waals surface area contributed by atoms with Crippen LogP contribution >= 0.6 is 0 Å². The van der Waals surface area contributed by atoms with E-state index in [0.717, 1.165) is 26.2 Å². The topological polar surface area (TPSA) is 56.3 Å². The molecule has 0 aliphatic carbocycles. The summed E-state index contributed by atoms with van der Waals surface area (Å²) in [6, 6.07) is 0. The molecule has 0 amide bonds. The molecule has 2 heterocycles. The first-order valence-corrected chi connectivity index (χ1v) is 5.80. The van der Waals surface area contributed by atoms with Gasteiger partial charge in [0.25, 0.3) is 0 Å². The fourth-order valence-corrected chi connectivity index (χ4v) is 2.08. The monoisotopic (exact) mass is 224 g/mol. The van der Waals surface area contributed by atoms with E-state index in [1.165, 1.54) is 12.1 Å². The summed E-state index contributed by atoms with van der Waals surface area (Å²) in [5.41, 5.74) is 6.88. The summed E-state index contributed by atoms with van der Waals surface area (Å²) < 4.78 is 6.95. The number of hydrogen-bond acceptors (Lipinski definition) is 4. The standard InChI is InChI=1S/C11H20N4O/c1-16-5-4-15-9-11(7-13-15)14-3-2-10(6-12)8-14/h7,9-10H,2-6,8,12H2,1H3. The molecule has 0 bridgehead atoms. The van der Waals surface area contributed by atoms with Gasteiger partial charge in [0, 0.05) is 26.4 Å². The van der Waals surface area contributed by atoms with E-state index in [1.807, 2.05) is 10.9 Å². The van der Waals surface area contributed by atoms with Gasteiger partial charge in [0.05, 0.1) is 25.0 Å². The Bertz CT molecular complexity index is 326.